The predicted octanol–water partition coefficient (Wildman–Crippen LogP) is 3.43. The van der Waals surface area contributed by atoms with Crippen molar-refractivity contribution in [3.8, 4) is 5.75 Å². The van der Waals surface area contributed by atoms with E-state index in [-0.39, 0.29) is 48.9 Å². The van der Waals surface area contributed by atoms with Crippen LogP contribution in [-0.4, -0.2) is 69.4 Å². The van der Waals surface area contributed by atoms with Crippen molar-refractivity contribution in [1.29, 1.82) is 5.41 Å². The number of piperidine rings is 1. The van der Waals surface area contributed by atoms with Gasteiger partial charge in [-0.15, -0.1) is 24.8 Å². The van der Waals surface area contributed by atoms with Crippen LogP contribution in [0.2, 0.25) is 0 Å². The molecule has 4 rings (SSSR count). The number of carbonyl (C=O) groups is 1. The maximum absolute atomic E-state index is 12.6. The maximum Gasteiger partial charge on any atom is 0.252 e. The number of benzene rings is 2. The highest BCUT2D eigenvalue weighted by Crippen LogP contribution is 2.29. The molecule has 0 unspecified atom stereocenters. The Balaban J connectivity index is 0.00000280. The fraction of sp³-hybridized carbons (Fsp3) is 0.370. The highest BCUT2D eigenvalue weighted by Gasteiger charge is 2.26. The molecule has 0 aliphatic carbocycles. The number of rotatable bonds is 9. The Labute approximate surface area is 247 Å². The van der Waals surface area contributed by atoms with Crippen LogP contribution in [0, 0.1) is 5.41 Å². The number of sulfonamides is 1. The Morgan fingerprint density at radius 1 is 1.18 bits per heavy atom. The molecule has 2 aromatic rings. The summed E-state index contributed by atoms with van der Waals surface area (Å²) in [6.45, 7) is 2.62. The minimum atomic E-state index is -3.67. The van der Waals surface area contributed by atoms with Crippen molar-refractivity contribution in [2.24, 2.45) is 16.5 Å². The van der Waals surface area contributed by atoms with E-state index in [1.807, 2.05) is 6.07 Å². The number of nitrogens with one attached hydrogen (secondary N) is 1. The molecule has 0 radical (unpaired) electrons. The van der Waals surface area contributed by atoms with Gasteiger partial charge in [0.1, 0.15) is 17.7 Å². The monoisotopic (exact) mass is 610 g/mol. The van der Waals surface area contributed by atoms with Crippen LogP contribution < -0.4 is 20.5 Å². The zero-order valence-corrected chi connectivity index (χ0v) is 24.7. The van der Waals surface area contributed by atoms with Crippen molar-refractivity contribution in [2.75, 3.05) is 36.7 Å². The van der Waals surface area contributed by atoms with Crippen LogP contribution in [0.3, 0.4) is 0 Å². The van der Waals surface area contributed by atoms with E-state index in [9.17, 15) is 13.2 Å². The zero-order chi connectivity index (χ0) is 27.3. The molecule has 1 saturated heterocycles. The lowest BCUT2D eigenvalue weighted by atomic mass is 10.1. The molecule has 40 heavy (non-hydrogen) atoms. The van der Waals surface area contributed by atoms with Crippen molar-refractivity contribution in [2.45, 2.75) is 31.8 Å². The summed E-state index contributed by atoms with van der Waals surface area (Å²) < 4.78 is 32.6. The number of halogens is 2. The predicted molar refractivity (Wildman–Crippen MR) is 165 cm³/mol. The molecular formula is C27H36Cl2N6O4S. The third kappa shape index (κ3) is 8.36. The second-order valence-electron chi connectivity index (χ2n) is 9.49. The minimum absolute atomic E-state index is 0. The smallest absolute Gasteiger partial charge is 0.252 e. The molecule has 2 aliphatic heterocycles. The number of amides is 1. The fourth-order valence-electron chi connectivity index (χ4n) is 4.69. The Hall–Kier alpha value is -3.28. The standard InChI is InChI=1S/C27H34N6O4S.2ClH/c1-38(35,36)33(14-4-6-19-5-2-7-20(17-19)26(28)29)21-9-10-24(23(18-21)27(30)34)37-22-11-15-32(16-12-22)25-8-3-13-31-25;;/h2,4-7,9-10,17-18,22H,3,8,11-16H2,1H3,(H3,28,29)(H2,30,34);2*1H/b6-4+;;. The lowest BCUT2D eigenvalue weighted by molar-refractivity contribution is 0.0982. The number of aliphatic imine (C=N–C) groups is 1. The Kier molecular flexibility index (Phi) is 11.8. The SMILES string of the molecule is CS(=O)(=O)N(C/C=C/c1cccc(C(=N)N)c1)c1ccc(OC2CCN(C3=NCCC3)CC2)c(C(N)=O)c1.Cl.Cl. The third-order valence-electron chi connectivity index (χ3n) is 6.65. The maximum atomic E-state index is 12.6. The van der Waals surface area contributed by atoms with E-state index in [2.05, 4.69) is 9.89 Å². The van der Waals surface area contributed by atoms with Crippen LogP contribution in [0.1, 0.15) is 47.2 Å². The van der Waals surface area contributed by atoms with E-state index in [0.29, 0.717) is 17.0 Å². The molecule has 0 saturated carbocycles. The van der Waals surface area contributed by atoms with E-state index >= 15 is 0 Å². The van der Waals surface area contributed by atoms with E-state index in [4.69, 9.17) is 21.6 Å². The van der Waals surface area contributed by atoms with Gasteiger partial charge in [0, 0.05) is 44.5 Å². The van der Waals surface area contributed by atoms with Crippen molar-refractivity contribution in [1.82, 2.24) is 4.90 Å². The number of primary amides is 1. The number of hydrogen-bond acceptors (Lipinski definition) is 7. The summed E-state index contributed by atoms with van der Waals surface area (Å²) in [6.07, 6.45) is 8.19. The minimum Gasteiger partial charge on any atom is -0.489 e. The fourth-order valence-corrected chi connectivity index (χ4v) is 5.54. The first-order valence-electron chi connectivity index (χ1n) is 12.6. The molecule has 218 valence electrons. The van der Waals surface area contributed by atoms with Crippen LogP contribution in [0.5, 0.6) is 5.75 Å². The van der Waals surface area contributed by atoms with E-state index in [1.165, 1.54) is 16.2 Å². The van der Waals surface area contributed by atoms with Crippen LogP contribution in [-0.2, 0) is 10.0 Å². The van der Waals surface area contributed by atoms with Gasteiger partial charge in [-0.2, -0.15) is 0 Å². The first kappa shape index (κ1) is 32.9. The normalized spacial score (nSPS) is 15.6. The number of nitrogens with two attached hydrogens (primary N) is 2. The molecule has 0 aromatic heterocycles. The van der Waals surface area contributed by atoms with Gasteiger partial charge in [-0.05, 0) is 36.2 Å². The highest BCUT2D eigenvalue weighted by molar-refractivity contribution is 7.92. The molecule has 5 N–H and O–H groups in total. The number of hydrogen-bond donors (Lipinski definition) is 3. The van der Waals surface area contributed by atoms with Crippen LogP contribution in [0.25, 0.3) is 6.08 Å². The number of likely N-dealkylation sites (tertiary alicyclic amines) is 1. The van der Waals surface area contributed by atoms with Crippen molar-refractivity contribution < 1.29 is 17.9 Å². The Bertz CT molecular complexity index is 1370. The van der Waals surface area contributed by atoms with E-state index < -0.39 is 15.9 Å². The second-order valence-corrected chi connectivity index (χ2v) is 11.4. The van der Waals surface area contributed by atoms with Crippen molar-refractivity contribution >= 4 is 64.2 Å². The molecule has 0 spiro atoms. The molecule has 10 nitrogen and oxygen atoms in total. The number of nitrogen functional groups attached to an aromatic ring is 1. The second kappa shape index (κ2) is 14.4. The number of anilines is 1. The quantitative estimate of drug-likeness (QED) is 0.292. The first-order valence-corrected chi connectivity index (χ1v) is 14.4. The molecule has 1 fully saturated rings. The average molecular weight is 612 g/mol. The van der Waals surface area contributed by atoms with Gasteiger partial charge < -0.3 is 21.1 Å². The first-order chi connectivity index (χ1) is 18.1. The summed E-state index contributed by atoms with van der Waals surface area (Å²) in [6, 6.07) is 11.8. The number of ether oxygens (including phenoxy) is 1. The molecule has 0 bridgehead atoms. The van der Waals surface area contributed by atoms with Crippen LogP contribution in [0.4, 0.5) is 5.69 Å². The molecule has 2 aromatic carbocycles. The topological polar surface area (TPSA) is 155 Å². The number of nitrogens with zero attached hydrogens (tertiary/aromatic N) is 3. The van der Waals surface area contributed by atoms with E-state index in [1.54, 1.807) is 42.5 Å². The summed E-state index contributed by atoms with van der Waals surface area (Å²) in [5, 5.41) is 7.58. The summed E-state index contributed by atoms with van der Waals surface area (Å²) >= 11 is 0. The number of amidine groups is 2. The molecule has 2 heterocycles. The molecule has 2 aliphatic rings. The van der Waals surface area contributed by atoms with Gasteiger partial charge in [-0.1, -0.05) is 30.4 Å². The van der Waals surface area contributed by atoms with Gasteiger partial charge in [-0.3, -0.25) is 19.5 Å². The lowest BCUT2D eigenvalue weighted by Crippen LogP contribution is -2.41. The molecule has 1 amide bonds. The average Bonchev–Trinajstić information content (AvgIpc) is 3.42. The highest BCUT2D eigenvalue weighted by atomic mass is 35.5. The van der Waals surface area contributed by atoms with Gasteiger partial charge >= 0.3 is 0 Å². The Morgan fingerprint density at radius 3 is 2.50 bits per heavy atom. The van der Waals surface area contributed by atoms with Gasteiger partial charge in [0.15, 0.2) is 0 Å². The largest absolute Gasteiger partial charge is 0.489 e. The summed E-state index contributed by atoms with van der Waals surface area (Å²) in [7, 11) is -3.67. The molecule has 0 atom stereocenters. The van der Waals surface area contributed by atoms with Gasteiger partial charge in [0.2, 0.25) is 10.0 Å². The molecule has 13 heteroatoms. The van der Waals surface area contributed by atoms with Crippen LogP contribution >= 0.6 is 24.8 Å². The summed E-state index contributed by atoms with van der Waals surface area (Å²) in [4.78, 5) is 19.2. The Morgan fingerprint density at radius 2 is 1.90 bits per heavy atom. The summed E-state index contributed by atoms with van der Waals surface area (Å²) in [5.74, 6) is 0.785. The van der Waals surface area contributed by atoms with Crippen LogP contribution in [0.15, 0.2) is 53.5 Å². The van der Waals surface area contributed by atoms with Crippen molar-refractivity contribution in [3.05, 3.63) is 65.2 Å². The van der Waals surface area contributed by atoms with Crippen molar-refractivity contribution in [3.63, 3.8) is 0 Å². The zero-order valence-electron chi connectivity index (χ0n) is 22.3. The van der Waals surface area contributed by atoms with E-state index in [0.717, 1.165) is 57.1 Å². The van der Waals surface area contributed by atoms with Gasteiger partial charge in [0.25, 0.3) is 5.91 Å². The number of carbonyl (C=O) groups excluding carboxylic acids is 1. The molecular weight excluding hydrogens is 575 g/mol. The summed E-state index contributed by atoms with van der Waals surface area (Å²) in [5.41, 5.74) is 13.0. The van der Waals surface area contributed by atoms with Gasteiger partial charge in [-0.25, -0.2) is 8.42 Å². The third-order valence-corrected chi connectivity index (χ3v) is 7.81. The lowest BCUT2D eigenvalue weighted by Gasteiger charge is -2.34. The van der Waals surface area contributed by atoms with Gasteiger partial charge in [0.05, 0.1) is 29.9 Å².